The molecule has 0 unspecified atom stereocenters. The van der Waals surface area contributed by atoms with E-state index in [2.05, 4.69) is 29.1 Å². The van der Waals surface area contributed by atoms with E-state index in [4.69, 9.17) is 22.1 Å². The van der Waals surface area contributed by atoms with E-state index in [0.29, 0.717) is 22.5 Å². The standard InChI is InChI=1S/C15H11ClFN3O2.C7H15NO.C7H14/c1-22-13-6-11-8(5-12(13)21)15(19-7-18-11)20-10-4-2-3-9(16)14(10)17;1-3-4-5-6(2)7(8)9;1-7-5-3-2-4-6-7/h2-7,21H,1H3,(H,18,19,20);6H,3-5H2,1-2H3,(H2,8,9);7H,2-6H2,1H3/t;6-;/m.0./s1. The van der Waals surface area contributed by atoms with Gasteiger partial charge in [-0.3, -0.25) is 4.79 Å². The predicted octanol–water partition coefficient (Wildman–Crippen LogP) is 7.76. The number of rotatable bonds is 7. The fourth-order valence-electron chi connectivity index (χ4n) is 4.02. The number of nitrogens with two attached hydrogens (primary N) is 1. The van der Waals surface area contributed by atoms with Gasteiger partial charge in [0.2, 0.25) is 5.91 Å². The summed E-state index contributed by atoms with van der Waals surface area (Å²) < 4.78 is 19.0. The molecule has 0 saturated heterocycles. The molecule has 0 radical (unpaired) electrons. The van der Waals surface area contributed by atoms with E-state index in [9.17, 15) is 14.3 Å². The Balaban J connectivity index is 0.000000260. The quantitative estimate of drug-likeness (QED) is 0.279. The number of nitrogens with one attached hydrogen (secondary N) is 1. The van der Waals surface area contributed by atoms with E-state index in [-0.39, 0.29) is 28.3 Å². The first-order valence-electron chi connectivity index (χ1n) is 13.2. The number of halogens is 2. The van der Waals surface area contributed by atoms with Crippen molar-refractivity contribution in [3.63, 3.8) is 0 Å². The minimum Gasteiger partial charge on any atom is -0.504 e. The lowest BCUT2D eigenvalue weighted by Crippen LogP contribution is -2.20. The molecule has 1 atom stereocenters. The Bertz CT molecular complexity index is 1170. The third-order valence-corrected chi connectivity index (χ3v) is 6.80. The third kappa shape index (κ3) is 9.63. The maximum atomic E-state index is 14.0. The summed E-state index contributed by atoms with van der Waals surface area (Å²) >= 11 is 5.76. The Kier molecular flexibility index (Phi) is 13.1. The van der Waals surface area contributed by atoms with Crippen LogP contribution in [0.2, 0.25) is 5.02 Å². The summed E-state index contributed by atoms with van der Waals surface area (Å²) in [5, 5.41) is 13.3. The van der Waals surface area contributed by atoms with Crippen LogP contribution in [0.3, 0.4) is 0 Å². The third-order valence-electron chi connectivity index (χ3n) is 6.51. The number of amides is 1. The zero-order chi connectivity index (χ0) is 28.1. The van der Waals surface area contributed by atoms with Crippen LogP contribution in [0.15, 0.2) is 36.7 Å². The normalized spacial score (nSPS) is 13.9. The number of aromatic hydroxyl groups is 1. The van der Waals surface area contributed by atoms with Gasteiger partial charge in [-0.05, 0) is 30.5 Å². The lowest BCUT2D eigenvalue weighted by molar-refractivity contribution is -0.121. The molecule has 9 heteroatoms. The number of phenols is 1. The highest BCUT2D eigenvalue weighted by Crippen LogP contribution is 2.34. The van der Waals surface area contributed by atoms with E-state index in [1.165, 1.54) is 57.7 Å². The first kappa shape index (κ1) is 31.1. The van der Waals surface area contributed by atoms with Gasteiger partial charge in [-0.25, -0.2) is 14.4 Å². The van der Waals surface area contributed by atoms with E-state index in [1.54, 1.807) is 18.2 Å². The molecule has 2 aromatic carbocycles. The van der Waals surface area contributed by atoms with Crippen LogP contribution in [0, 0.1) is 17.7 Å². The molecule has 7 nitrogen and oxygen atoms in total. The van der Waals surface area contributed by atoms with Gasteiger partial charge < -0.3 is 20.9 Å². The fourth-order valence-corrected chi connectivity index (χ4v) is 4.20. The van der Waals surface area contributed by atoms with Gasteiger partial charge in [0.15, 0.2) is 17.3 Å². The van der Waals surface area contributed by atoms with Crippen LogP contribution >= 0.6 is 11.6 Å². The number of methoxy groups -OCH3 is 1. The molecule has 0 spiro atoms. The number of aromatic nitrogens is 2. The largest absolute Gasteiger partial charge is 0.504 e. The highest BCUT2D eigenvalue weighted by molar-refractivity contribution is 6.31. The van der Waals surface area contributed by atoms with Crippen molar-refractivity contribution in [3.05, 3.63) is 47.5 Å². The average molecular weight is 547 g/mol. The summed E-state index contributed by atoms with van der Waals surface area (Å²) in [6, 6.07) is 7.65. The number of carbonyl (C=O) groups excluding carboxylic acids is 1. The minimum absolute atomic E-state index is 0.00729. The van der Waals surface area contributed by atoms with E-state index >= 15 is 0 Å². The first-order valence-corrected chi connectivity index (χ1v) is 13.6. The Hall–Kier alpha value is -3.13. The van der Waals surface area contributed by atoms with Crippen LogP contribution in [0.5, 0.6) is 11.5 Å². The summed E-state index contributed by atoms with van der Waals surface area (Å²) in [5.74, 6) is 0.936. The molecule has 3 aromatic rings. The molecule has 1 heterocycles. The van der Waals surface area contributed by atoms with Crippen LogP contribution in [-0.4, -0.2) is 28.1 Å². The van der Waals surface area contributed by atoms with E-state index < -0.39 is 5.82 Å². The van der Waals surface area contributed by atoms with Crippen molar-refractivity contribution in [1.82, 2.24) is 9.97 Å². The second-order valence-corrected chi connectivity index (χ2v) is 10.1. The van der Waals surface area contributed by atoms with Gasteiger partial charge in [0.05, 0.1) is 23.3 Å². The Labute approximate surface area is 230 Å². The summed E-state index contributed by atoms with van der Waals surface area (Å²) in [6.07, 6.45) is 11.9. The molecule has 4 N–H and O–H groups in total. The molecule has 0 bridgehead atoms. The highest BCUT2D eigenvalue weighted by Gasteiger charge is 2.12. The number of unbranched alkanes of at least 4 members (excludes halogenated alkanes) is 1. The molecule has 208 valence electrons. The molecule has 1 aliphatic rings. The SMILES string of the molecule is CC1CCCCC1.CCCC[C@H](C)C(N)=O.COc1cc2ncnc(Nc3cccc(Cl)c3F)c2cc1O. The van der Waals surface area contributed by atoms with Crippen LogP contribution in [0.4, 0.5) is 15.9 Å². The van der Waals surface area contributed by atoms with Gasteiger partial charge in [-0.15, -0.1) is 0 Å². The molecular weight excluding hydrogens is 507 g/mol. The average Bonchev–Trinajstić information content (AvgIpc) is 2.91. The van der Waals surface area contributed by atoms with Crippen LogP contribution in [-0.2, 0) is 4.79 Å². The Morgan fingerprint density at radius 3 is 2.55 bits per heavy atom. The van der Waals surface area contributed by atoms with Crippen molar-refractivity contribution >= 4 is 39.9 Å². The number of ether oxygens (including phenoxy) is 1. The second kappa shape index (κ2) is 16.0. The van der Waals surface area contributed by atoms with Crippen molar-refractivity contribution in [3.8, 4) is 11.5 Å². The molecule has 4 rings (SSSR count). The molecule has 1 aliphatic carbocycles. The minimum atomic E-state index is -0.575. The first-order chi connectivity index (χ1) is 18.2. The van der Waals surface area contributed by atoms with E-state index in [0.717, 1.165) is 25.2 Å². The molecule has 38 heavy (non-hydrogen) atoms. The molecule has 1 saturated carbocycles. The predicted molar refractivity (Wildman–Crippen MR) is 153 cm³/mol. The van der Waals surface area contributed by atoms with Crippen molar-refractivity contribution in [2.45, 2.75) is 72.1 Å². The topological polar surface area (TPSA) is 110 Å². The molecule has 1 fully saturated rings. The van der Waals surface area contributed by atoms with Crippen molar-refractivity contribution < 1.29 is 19.0 Å². The zero-order valence-electron chi connectivity index (χ0n) is 22.8. The summed E-state index contributed by atoms with van der Waals surface area (Å²) in [7, 11) is 1.45. The fraction of sp³-hybridized carbons (Fsp3) is 0.483. The van der Waals surface area contributed by atoms with Gasteiger partial charge >= 0.3 is 0 Å². The van der Waals surface area contributed by atoms with Gasteiger partial charge in [-0.1, -0.05) is 83.4 Å². The molecule has 0 aliphatic heterocycles. The van der Waals surface area contributed by atoms with Crippen LogP contribution in [0.25, 0.3) is 10.9 Å². The van der Waals surface area contributed by atoms with Crippen molar-refractivity contribution in [2.75, 3.05) is 12.4 Å². The number of primary amides is 1. The Morgan fingerprint density at radius 1 is 1.26 bits per heavy atom. The van der Waals surface area contributed by atoms with E-state index in [1.807, 2.05) is 6.92 Å². The van der Waals surface area contributed by atoms with Crippen molar-refractivity contribution in [1.29, 1.82) is 0 Å². The second-order valence-electron chi connectivity index (χ2n) is 9.68. The summed E-state index contributed by atoms with van der Waals surface area (Å²) in [4.78, 5) is 18.6. The number of nitrogens with zero attached hydrogens (tertiary/aromatic N) is 2. The molecule has 1 aromatic heterocycles. The van der Waals surface area contributed by atoms with Gasteiger partial charge in [0.1, 0.15) is 12.1 Å². The maximum Gasteiger partial charge on any atom is 0.220 e. The number of anilines is 2. The van der Waals surface area contributed by atoms with Crippen molar-refractivity contribution in [2.24, 2.45) is 17.6 Å². The number of phenolic OH excluding ortho intramolecular Hbond substituents is 1. The number of carbonyl (C=O) groups is 1. The zero-order valence-corrected chi connectivity index (χ0v) is 23.5. The van der Waals surface area contributed by atoms with Gasteiger partial charge in [0.25, 0.3) is 0 Å². The highest BCUT2D eigenvalue weighted by atomic mass is 35.5. The number of hydrogen-bond donors (Lipinski definition) is 3. The number of benzene rings is 2. The van der Waals surface area contributed by atoms with Gasteiger partial charge in [0, 0.05) is 17.4 Å². The smallest absolute Gasteiger partial charge is 0.220 e. The number of fused-ring (bicyclic) bond motifs is 1. The lowest BCUT2D eigenvalue weighted by atomic mass is 9.91. The number of hydrogen-bond acceptors (Lipinski definition) is 6. The lowest BCUT2D eigenvalue weighted by Gasteiger charge is -2.15. The monoisotopic (exact) mass is 546 g/mol. The summed E-state index contributed by atoms with van der Waals surface area (Å²) in [6.45, 7) is 6.34. The Morgan fingerprint density at radius 2 is 1.97 bits per heavy atom. The molecule has 1 amide bonds. The summed E-state index contributed by atoms with van der Waals surface area (Å²) in [5.41, 5.74) is 5.77. The van der Waals surface area contributed by atoms with Gasteiger partial charge in [-0.2, -0.15) is 0 Å². The van der Waals surface area contributed by atoms with Crippen LogP contribution in [0.1, 0.15) is 72.1 Å². The molecular formula is C29H40ClFN4O3. The maximum absolute atomic E-state index is 14.0. The van der Waals surface area contributed by atoms with Crippen LogP contribution < -0.4 is 15.8 Å².